The lowest BCUT2D eigenvalue weighted by atomic mass is 10.7. The third-order valence-electron chi connectivity index (χ3n) is 0.886. The number of aliphatic hydroxyl groups excluding tert-OH is 3. The zero-order valence-corrected chi connectivity index (χ0v) is 6.77. The van der Waals surface area contributed by atoms with Crippen LogP contribution >= 0.6 is 12.4 Å². The van der Waals surface area contributed by atoms with Gasteiger partial charge < -0.3 is 15.3 Å². The molecule has 0 aliphatic carbocycles. The summed E-state index contributed by atoms with van der Waals surface area (Å²) in [6.07, 6.45) is -0.472. The average Bonchev–Trinajstić information content (AvgIpc) is 1.90. The Bertz CT molecular complexity index is 63.3. The van der Waals surface area contributed by atoms with Crippen molar-refractivity contribution >= 4 is 12.4 Å². The minimum atomic E-state index is -0.472. The molecule has 0 aromatic heterocycles. The Labute approximate surface area is 71.0 Å². The van der Waals surface area contributed by atoms with Gasteiger partial charge >= 0.3 is 0 Å². The van der Waals surface area contributed by atoms with Crippen molar-refractivity contribution in [2.45, 2.75) is 6.29 Å². The van der Waals surface area contributed by atoms with E-state index in [1.807, 2.05) is 0 Å². The fraction of sp³-hybridized carbons (Fsp3) is 1.00. The Morgan fingerprint density at radius 2 is 1.09 bits per heavy atom. The van der Waals surface area contributed by atoms with Crippen molar-refractivity contribution in [2.75, 3.05) is 20.2 Å². The van der Waals surface area contributed by atoms with Crippen LogP contribution in [0.15, 0.2) is 0 Å². The summed E-state index contributed by atoms with van der Waals surface area (Å²) >= 11 is 0. The molecule has 0 aromatic carbocycles. The minimum Gasteiger partial charge on any atom is -0.381 e. The number of hydrogen-bond donors (Lipinski definition) is 6. The van der Waals surface area contributed by atoms with Crippen LogP contribution in [0.1, 0.15) is 0 Å². The molecule has 11 heavy (non-hydrogen) atoms. The van der Waals surface area contributed by atoms with Gasteiger partial charge in [0.1, 0.15) is 6.29 Å². The lowest BCUT2D eigenvalue weighted by Gasteiger charge is -2.17. The fourth-order valence-corrected chi connectivity index (χ4v) is 0.490. The molecule has 70 valence electrons. The molecule has 0 aliphatic rings. The second-order valence-electron chi connectivity index (χ2n) is 1.52. The Morgan fingerprint density at radius 3 is 1.27 bits per heavy atom. The summed E-state index contributed by atoms with van der Waals surface area (Å²) in [7, 11) is 0. The van der Waals surface area contributed by atoms with Crippen LogP contribution in [0.2, 0.25) is 0 Å². The molecule has 0 aromatic rings. The highest BCUT2D eigenvalue weighted by molar-refractivity contribution is 5.85. The number of hydrogen-bond acceptors (Lipinski definition) is 6. The molecule has 0 spiro atoms. The molecule has 0 amide bonds. The molecule has 0 atom stereocenters. The molecule has 0 fully saturated rings. The Kier molecular flexibility index (Phi) is 12.5. The lowest BCUT2D eigenvalue weighted by Crippen LogP contribution is -2.53. The van der Waals surface area contributed by atoms with E-state index in [-0.39, 0.29) is 32.6 Å². The zero-order valence-electron chi connectivity index (χ0n) is 5.95. The molecular weight excluding hydrogens is 174 g/mol. The van der Waals surface area contributed by atoms with Gasteiger partial charge in [0.25, 0.3) is 0 Å². The van der Waals surface area contributed by atoms with Gasteiger partial charge in [-0.25, -0.2) is 0 Å². The van der Waals surface area contributed by atoms with E-state index >= 15 is 0 Å². The van der Waals surface area contributed by atoms with Gasteiger partial charge in [-0.05, 0) is 0 Å². The van der Waals surface area contributed by atoms with Gasteiger partial charge in [-0.1, -0.05) is 0 Å². The molecule has 0 rings (SSSR count). The third kappa shape index (κ3) is 7.95. The minimum absolute atomic E-state index is 0. The smallest absolute Gasteiger partial charge is 0.117 e. The molecule has 0 radical (unpaired) electrons. The molecule has 0 unspecified atom stereocenters. The predicted molar refractivity (Wildman–Crippen MR) is 41.7 cm³/mol. The van der Waals surface area contributed by atoms with Crippen molar-refractivity contribution in [1.29, 1.82) is 0 Å². The van der Waals surface area contributed by atoms with E-state index < -0.39 is 6.29 Å². The van der Waals surface area contributed by atoms with E-state index in [1.54, 1.807) is 0 Å². The Balaban J connectivity index is 0. The summed E-state index contributed by atoms with van der Waals surface area (Å²) in [5.74, 6) is 0. The van der Waals surface area contributed by atoms with Crippen LogP contribution in [-0.2, 0) is 0 Å². The normalized spacial score (nSPS) is 9.82. The quantitative estimate of drug-likeness (QED) is 0.254. The molecule has 0 bridgehead atoms. The molecule has 0 saturated carbocycles. The van der Waals surface area contributed by atoms with Crippen LogP contribution in [0, 0.1) is 0 Å². The van der Waals surface area contributed by atoms with Crippen LogP contribution in [0.5, 0.6) is 0 Å². The largest absolute Gasteiger partial charge is 0.381 e. The SMILES string of the molecule is Cl.OCNC(NCO)NCO. The first-order valence-corrected chi connectivity index (χ1v) is 2.88. The number of nitrogens with one attached hydrogen (secondary N) is 3. The van der Waals surface area contributed by atoms with Gasteiger partial charge in [-0.2, -0.15) is 0 Å². The topological polar surface area (TPSA) is 96.8 Å². The highest BCUT2D eigenvalue weighted by atomic mass is 35.5. The molecule has 0 aliphatic heterocycles. The Hall–Kier alpha value is 0.0500. The van der Waals surface area contributed by atoms with Crippen LogP contribution in [0.3, 0.4) is 0 Å². The van der Waals surface area contributed by atoms with Crippen molar-refractivity contribution in [3.05, 3.63) is 0 Å². The van der Waals surface area contributed by atoms with Crippen molar-refractivity contribution in [1.82, 2.24) is 16.0 Å². The van der Waals surface area contributed by atoms with E-state index in [1.165, 1.54) is 0 Å². The van der Waals surface area contributed by atoms with Gasteiger partial charge in [-0.15, -0.1) is 12.4 Å². The molecular formula is C4H14ClN3O3. The highest BCUT2D eigenvalue weighted by Gasteiger charge is 2.00. The average molecular weight is 188 g/mol. The highest BCUT2D eigenvalue weighted by Crippen LogP contribution is 1.66. The summed E-state index contributed by atoms with van der Waals surface area (Å²) in [6.45, 7) is -0.694. The van der Waals surface area contributed by atoms with Gasteiger partial charge in [0, 0.05) is 0 Å². The maximum Gasteiger partial charge on any atom is 0.117 e. The first kappa shape index (κ1) is 13.6. The summed E-state index contributed by atoms with van der Waals surface area (Å²) in [5.41, 5.74) is 0. The number of halogens is 1. The van der Waals surface area contributed by atoms with Crippen LogP contribution in [-0.4, -0.2) is 41.8 Å². The van der Waals surface area contributed by atoms with E-state index in [9.17, 15) is 0 Å². The first-order valence-electron chi connectivity index (χ1n) is 2.88. The summed E-state index contributed by atoms with van der Waals surface area (Å²) in [4.78, 5) is 0. The van der Waals surface area contributed by atoms with E-state index in [4.69, 9.17) is 15.3 Å². The molecule has 0 saturated heterocycles. The second kappa shape index (κ2) is 10.0. The number of rotatable bonds is 6. The van der Waals surface area contributed by atoms with Crippen LogP contribution < -0.4 is 16.0 Å². The van der Waals surface area contributed by atoms with Gasteiger partial charge in [0.2, 0.25) is 0 Å². The molecule has 6 N–H and O–H groups in total. The van der Waals surface area contributed by atoms with E-state index in [2.05, 4.69) is 16.0 Å². The van der Waals surface area contributed by atoms with Crippen molar-refractivity contribution < 1.29 is 15.3 Å². The van der Waals surface area contributed by atoms with Crippen LogP contribution in [0.25, 0.3) is 0 Å². The fourth-order valence-electron chi connectivity index (χ4n) is 0.490. The molecule has 6 nitrogen and oxygen atoms in total. The van der Waals surface area contributed by atoms with Gasteiger partial charge in [0.05, 0.1) is 20.2 Å². The van der Waals surface area contributed by atoms with Crippen molar-refractivity contribution in [3.8, 4) is 0 Å². The van der Waals surface area contributed by atoms with Crippen molar-refractivity contribution in [2.24, 2.45) is 0 Å². The maximum atomic E-state index is 8.34. The van der Waals surface area contributed by atoms with E-state index in [0.717, 1.165) is 0 Å². The summed E-state index contributed by atoms with van der Waals surface area (Å²) in [6, 6.07) is 0. The Morgan fingerprint density at radius 1 is 0.818 bits per heavy atom. The zero-order chi connectivity index (χ0) is 7.82. The standard InChI is InChI=1S/C4H13N3O3.ClH/c8-1-5-4(6-2-9)7-3-10;/h4-10H,1-3H2;1H. The predicted octanol–water partition coefficient (Wildman–Crippen LogP) is -2.69. The van der Waals surface area contributed by atoms with E-state index in [0.29, 0.717) is 0 Å². The lowest BCUT2D eigenvalue weighted by molar-refractivity contribution is 0.143. The second-order valence-corrected chi connectivity index (χ2v) is 1.52. The first-order chi connectivity index (χ1) is 4.85. The maximum absolute atomic E-state index is 8.34. The summed E-state index contributed by atoms with van der Waals surface area (Å²) < 4.78 is 0. The van der Waals surface area contributed by atoms with Gasteiger partial charge in [-0.3, -0.25) is 16.0 Å². The monoisotopic (exact) mass is 187 g/mol. The van der Waals surface area contributed by atoms with Gasteiger partial charge in [0.15, 0.2) is 0 Å². The van der Waals surface area contributed by atoms with Crippen molar-refractivity contribution in [3.63, 3.8) is 0 Å². The number of aliphatic hydroxyl groups is 3. The summed E-state index contributed by atoms with van der Waals surface area (Å²) in [5, 5.41) is 32.5. The van der Waals surface area contributed by atoms with Crippen LogP contribution in [0.4, 0.5) is 0 Å². The molecule has 0 heterocycles. The molecule has 7 heteroatoms. The third-order valence-corrected chi connectivity index (χ3v) is 0.886.